The molecule has 0 aliphatic rings. The second-order valence-corrected chi connectivity index (χ2v) is 5.06. The van der Waals surface area contributed by atoms with Gasteiger partial charge in [0.1, 0.15) is 0 Å². The summed E-state index contributed by atoms with van der Waals surface area (Å²) in [6.45, 7) is 2.19. The Balaban J connectivity index is 2.77. The Morgan fingerprint density at radius 3 is 2.92 bits per heavy atom. The van der Waals surface area contributed by atoms with Crippen LogP contribution < -0.4 is 5.73 Å². The van der Waals surface area contributed by atoms with Crippen LogP contribution in [0.4, 0.5) is 5.69 Å². The van der Waals surface area contributed by atoms with Gasteiger partial charge in [0.2, 0.25) is 0 Å². The summed E-state index contributed by atoms with van der Waals surface area (Å²) in [5.74, 6) is 0. The summed E-state index contributed by atoms with van der Waals surface area (Å²) in [7, 11) is 0. The summed E-state index contributed by atoms with van der Waals surface area (Å²) in [5.41, 5.74) is 8.15. The first-order valence-electron chi connectivity index (χ1n) is 4.17. The van der Waals surface area contributed by atoms with Crippen LogP contribution in [0.2, 0.25) is 0 Å². The zero-order valence-corrected chi connectivity index (χ0v) is 10.3. The van der Waals surface area contributed by atoms with Crippen molar-refractivity contribution in [2.24, 2.45) is 0 Å². The minimum Gasteiger partial charge on any atom is -0.398 e. The number of aryl methyl sites for hydroxylation is 1. The Morgan fingerprint density at radius 1 is 1.46 bits per heavy atom. The van der Waals surface area contributed by atoms with Crippen molar-refractivity contribution in [3.8, 4) is 0 Å². The van der Waals surface area contributed by atoms with Crippen molar-refractivity contribution in [1.29, 1.82) is 0 Å². The van der Waals surface area contributed by atoms with E-state index in [1.165, 1.54) is 15.6 Å². The first kappa shape index (κ1) is 9.27. The fourth-order valence-electron chi connectivity index (χ4n) is 1.39. The van der Waals surface area contributed by atoms with E-state index in [0.29, 0.717) is 0 Å². The van der Waals surface area contributed by atoms with Gasteiger partial charge in [0.25, 0.3) is 0 Å². The van der Waals surface area contributed by atoms with Crippen molar-refractivity contribution in [3.63, 3.8) is 0 Å². The maximum absolute atomic E-state index is 5.84. The molecule has 13 heavy (non-hydrogen) atoms. The van der Waals surface area contributed by atoms with Crippen LogP contribution in [-0.2, 0) is 6.42 Å². The molecule has 1 aromatic carbocycles. The number of benzene rings is 1. The van der Waals surface area contributed by atoms with E-state index >= 15 is 0 Å². The molecule has 0 unspecified atom stereocenters. The van der Waals surface area contributed by atoms with Crippen LogP contribution in [0.1, 0.15) is 12.5 Å². The van der Waals surface area contributed by atoms with Gasteiger partial charge in [0, 0.05) is 14.0 Å². The van der Waals surface area contributed by atoms with Gasteiger partial charge < -0.3 is 5.73 Å². The molecule has 0 saturated carbocycles. The van der Waals surface area contributed by atoms with Crippen molar-refractivity contribution in [2.75, 3.05) is 5.73 Å². The van der Waals surface area contributed by atoms with E-state index in [2.05, 4.69) is 47.0 Å². The molecule has 1 heterocycles. The molecule has 0 aliphatic heterocycles. The molecule has 0 amide bonds. The van der Waals surface area contributed by atoms with E-state index in [4.69, 9.17) is 5.73 Å². The Labute approximate surface area is 95.1 Å². The van der Waals surface area contributed by atoms with E-state index in [-0.39, 0.29) is 0 Å². The highest BCUT2D eigenvalue weighted by Crippen LogP contribution is 2.30. The Bertz CT molecular complexity index is 447. The van der Waals surface area contributed by atoms with Gasteiger partial charge in [-0.25, -0.2) is 0 Å². The highest BCUT2D eigenvalue weighted by molar-refractivity contribution is 14.1. The average molecular weight is 303 g/mol. The topological polar surface area (TPSA) is 26.0 Å². The number of halogens is 1. The van der Waals surface area contributed by atoms with E-state index < -0.39 is 0 Å². The largest absolute Gasteiger partial charge is 0.398 e. The maximum atomic E-state index is 5.84. The van der Waals surface area contributed by atoms with Gasteiger partial charge in [-0.15, -0.1) is 11.3 Å². The van der Waals surface area contributed by atoms with Gasteiger partial charge in [-0.2, -0.15) is 0 Å². The predicted molar refractivity (Wildman–Crippen MR) is 68.3 cm³/mol. The number of hydrogen-bond acceptors (Lipinski definition) is 2. The first-order chi connectivity index (χ1) is 6.22. The molecule has 2 aromatic rings. The molecule has 1 nitrogen and oxygen atoms in total. The highest BCUT2D eigenvalue weighted by atomic mass is 127. The molecular weight excluding hydrogens is 293 g/mol. The van der Waals surface area contributed by atoms with Crippen LogP contribution in [0, 0.1) is 3.57 Å². The number of anilines is 1. The third kappa shape index (κ3) is 1.55. The summed E-state index contributed by atoms with van der Waals surface area (Å²) < 4.78 is 2.45. The van der Waals surface area contributed by atoms with Gasteiger partial charge in [-0.3, -0.25) is 0 Å². The van der Waals surface area contributed by atoms with Crippen LogP contribution in [0.3, 0.4) is 0 Å². The average Bonchev–Trinajstić information content (AvgIpc) is 2.48. The second kappa shape index (κ2) is 3.46. The number of hydrogen-bond donors (Lipinski definition) is 1. The van der Waals surface area contributed by atoms with Crippen LogP contribution in [-0.4, -0.2) is 0 Å². The van der Waals surface area contributed by atoms with Gasteiger partial charge in [-0.1, -0.05) is 6.92 Å². The quantitative estimate of drug-likeness (QED) is 0.631. The molecule has 0 atom stereocenters. The maximum Gasteiger partial charge on any atom is 0.0464 e. The zero-order valence-electron chi connectivity index (χ0n) is 7.30. The summed E-state index contributed by atoms with van der Waals surface area (Å²) in [6, 6.07) is 4.25. The second-order valence-electron chi connectivity index (χ2n) is 2.98. The van der Waals surface area contributed by atoms with Crippen LogP contribution in [0.15, 0.2) is 17.5 Å². The fraction of sp³-hybridized carbons (Fsp3) is 0.200. The Kier molecular flexibility index (Phi) is 2.47. The molecule has 0 radical (unpaired) electrons. The number of fused-ring (bicyclic) bond motifs is 1. The first-order valence-corrected chi connectivity index (χ1v) is 6.13. The molecule has 0 bridgehead atoms. The minimum atomic E-state index is 0.887. The summed E-state index contributed by atoms with van der Waals surface area (Å²) in [5, 5.41) is 3.59. The molecule has 1 aromatic heterocycles. The molecule has 2 rings (SSSR count). The summed E-state index contributed by atoms with van der Waals surface area (Å²) >= 11 is 4.06. The van der Waals surface area contributed by atoms with Gasteiger partial charge >= 0.3 is 0 Å². The lowest BCUT2D eigenvalue weighted by Crippen LogP contribution is -1.88. The SMILES string of the molecule is CCc1csc2cc(N)c(I)cc12. The lowest BCUT2D eigenvalue weighted by Gasteiger charge is -1.99. The highest BCUT2D eigenvalue weighted by Gasteiger charge is 2.04. The predicted octanol–water partition coefficient (Wildman–Crippen LogP) is 3.65. The van der Waals surface area contributed by atoms with Gasteiger partial charge in [0.15, 0.2) is 0 Å². The lowest BCUT2D eigenvalue weighted by molar-refractivity contribution is 1.17. The third-order valence-electron chi connectivity index (χ3n) is 2.15. The van der Waals surface area contributed by atoms with Crippen LogP contribution in [0.5, 0.6) is 0 Å². The number of rotatable bonds is 1. The van der Waals surface area contributed by atoms with Crippen molar-refractivity contribution in [1.82, 2.24) is 0 Å². The van der Waals surface area contributed by atoms with E-state index in [1.807, 2.05) is 0 Å². The fourth-order valence-corrected chi connectivity index (χ4v) is 2.93. The number of nitrogens with two attached hydrogens (primary N) is 1. The molecule has 68 valence electrons. The molecule has 2 N–H and O–H groups in total. The third-order valence-corrected chi connectivity index (χ3v) is 4.08. The Morgan fingerprint density at radius 2 is 2.23 bits per heavy atom. The number of thiophene rings is 1. The zero-order chi connectivity index (χ0) is 9.42. The van der Waals surface area contributed by atoms with Crippen LogP contribution in [0.25, 0.3) is 10.1 Å². The summed E-state index contributed by atoms with van der Waals surface area (Å²) in [4.78, 5) is 0. The van der Waals surface area contributed by atoms with Gasteiger partial charge in [-0.05, 0) is 57.5 Å². The minimum absolute atomic E-state index is 0.887. The van der Waals surface area contributed by atoms with Crippen molar-refractivity contribution in [3.05, 3.63) is 26.6 Å². The molecule has 3 heteroatoms. The molecular formula is C10H10INS. The van der Waals surface area contributed by atoms with E-state index in [1.54, 1.807) is 11.3 Å². The molecule has 0 spiro atoms. The monoisotopic (exact) mass is 303 g/mol. The molecule has 0 saturated heterocycles. The van der Waals surface area contributed by atoms with Gasteiger partial charge in [0.05, 0.1) is 0 Å². The smallest absolute Gasteiger partial charge is 0.0464 e. The van der Waals surface area contributed by atoms with Crippen LogP contribution >= 0.6 is 33.9 Å². The van der Waals surface area contributed by atoms with E-state index in [9.17, 15) is 0 Å². The molecule has 0 aliphatic carbocycles. The Hall–Kier alpha value is -0.290. The number of nitrogen functional groups attached to an aromatic ring is 1. The van der Waals surface area contributed by atoms with Crippen molar-refractivity contribution >= 4 is 49.7 Å². The molecule has 0 fully saturated rings. The van der Waals surface area contributed by atoms with E-state index in [0.717, 1.165) is 15.7 Å². The summed E-state index contributed by atoms with van der Waals surface area (Å²) in [6.07, 6.45) is 1.10. The van der Waals surface area contributed by atoms with Crippen molar-refractivity contribution < 1.29 is 0 Å². The normalized spacial score (nSPS) is 10.9. The lowest BCUT2D eigenvalue weighted by atomic mass is 10.1. The van der Waals surface area contributed by atoms with Crippen molar-refractivity contribution in [2.45, 2.75) is 13.3 Å². The standard InChI is InChI=1S/C10H10INS/c1-2-6-5-13-10-4-9(12)8(11)3-7(6)10/h3-5H,2,12H2,1H3.